The highest BCUT2D eigenvalue weighted by Gasteiger charge is 2.23. The third-order valence-electron chi connectivity index (χ3n) is 3.28. The SMILES string of the molecule is OC(c1ccc(OC2CC2)cc1)c1cc(F)ccc1F. The lowest BCUT2D eigenvalue weighted by Crippen LogP contribution is -2.03. The van der Waals surface area contributed by atoms with E-state index in [0.29, 0.717) is 11.7 Å². The van der Waals surface area contributed by atoms with Crippen LogP contribution in [0.25, 0.3) is 0 Å². The summed E-state index contributed by atoms with van der Waals surface area (Å²) in [5, 5.41) is 10.1. The molecule has 0 aromatic heterocycles. The summed E-state index contributed by atoms with van der Waals surface area (Å²) >= 11 is 0. The van der Waals surface area contributed by atoms with Gasteiger partial charge in [0.05, 0.1) is 6.10 Å². The van der Waals surface area contributed by atoms with E-state index in [1.54, 1.807) is 24.3 Å². The van der Waals surface area contributed by atoms with Gasteiger partial charge in [0.25, 0.3) is 0 Å². The van der Waals surface area contributed by atoms with Crippen molar-refractivity contribution < 1.29 is 18.6 Å². The maximum Gasteiger partial charge on any atom is 0.129 e. The molecule has 1 saturated carbocycles. The molecule has 2 aromatic rings. The Morgan fingerprint density at radius 3 is 2.40 bits per heavy atom. The molecule has 1 atom stereocenters. The first kappa shape index (κ1) is 13.1. The molecule has 4 heteroatoms. The Balaban J connectivity index is 1.81. The number of hydrogen-bond acceptors (Lipinski definition) is 2. The molecule has 1 aliphatic carbocycles. The van der Waals surface area contributed by atoms with Crippen LogP contribution in [-0.4, -0.2) is 11.2 Å². The van der Waals surface area contributed by atoms with Crippen molar-refractivity contribution in [1.29, 1.82) is 0 Å². The molecule has 0 radical (unpaired) electrons. The van der Waals surface area contributed by atoms with Crippen molar-refractivity contribution in [3.8, 4) is 5.75 Å². The average molecular weight is 276 g/mol. The van der Waals surface area contributed by atoms with Crippen molar-refractivity contribution in [3.63, 3.8) is 0 Å². The van der Waals surface area contributed by atoms with Crippen LogP contribution in [0, 0.1) is 11.6 Å². The smallest absolute Gasteiger partial charge is 0.129 e. The Kier molecular flexibility index (Phi) is 3.40. The summed E-state index contributed by atoms with van der Waals surface area (Å²) in [5.41, 5.74) is 0.429. The van der Waals surface area contributed by atoms with E-state index in [-0.39, 0.29) is 5.56 Å². The van der Waals surface area contributed by atoms with Crippen LogP contribution in [-0.2, 0) is 0 Å². The zero-order valence-electron chi connectivity index (χ0n) is 10.7. The van der Waals surface area contributed by atoms with Gasteiger partial charge in [0, 0.05) is 5.56 Å². The average Bonchev–Trinajstić information content (AvgIpc) is 3.26. The quantitative estimate of drug-likeness (QED) is 0.924. The molecule has 0 spiro atoms. The van der Waals surface area contributed by atoms with E-state index in [0.717, 1.165) is 36.8 Å². The second-order valence-electron chi connectivity index (χ2n) is 4.95. The molecule has 1 N–H and O–H groups in total. The maximum absolute atomic E-state index is 13.6. The highest BCUT2D eigenvalue weighted by atomic mass is 19.1. The Morgan fingerprint density at radius 1 is 1.05 bits per heavy atom. The van der Waals surface area contributed by atoms with Crippen molar-refractivity contribution >= 4 is 0 Å². The molecule has 0 saturated heterocycles. The van der Waals surface area contributed by atoms with E-state index in [2.05, 4.69) is 0 Å². The molecule has 3 rings (SSSR count). The first-order valence-electron chi connectivity index (χ1n) is 6.53. The monoisotopic (exact) mass is 276 g/mol. The number of hydrogen-bond donors (Lipinski definition) is 1. The predicted molar refractivity (Wildman–Crippen MR) is 70.5 cm³/mol. The second kappa shape index (κ2) is 5.21. The normalized spacial score (nSPS) is 15.9. The summed E-state index contributed by atoms with van der Waals surface area (Å²) in [7, 11) is 0. The van der Waals surface area contributed by atoms with Crippen molar-refractivity contribution in [2.45, 2.75) is 25.0 Å². The largest absolute Gasteiger partial charge is 0.490 e. The molecule has 2 aromatic carbocycles. The van der Waals surface area contributed by atoms with Gasteiger partial charge in [0.2, 0.25) is 0 Å². The molecule has 0 heterocycles. The fraction of sp³-hybridized carbons (Fsp3) is 0.250. The van der Waals surface area contributed by atoms with Gasteiger partial charge in [-0.3, -0.25) is 0 Å². The Hall–Kier alpha value is -1.94. The summed E-state index contributed by atoms with van der Waals surface area (Å²) < 4.78 is 32.3. The van der Waals surface area contributed by atoms with Gasteiger partial charge in [-0.2, -0.15) is 0 Å². The minimum absolute atomic E-state index is 0.0686. The lowest BCUT2D eigenvalue weighted by molar-refractivity contribution is 0.214. The van der Waals surface area contributed by atoms with Crippen LogP contribution in [0.1, 0.15) is 30.1 Å². The first-order valence-corrected chi connectivity index (χ1v) is 6.53. The zero-order valence-corrected chi connectivity index (χ0v) is 10.7. The fourth-order valence-corrected chi connectivity index (χ4v) is 2.01. The first-order chi connectivity index (χ1) is 9.63. The summed E-state index contributed by atoms with van der Waals surface area (Å²) in [6, 6.07) is 9.83. The van der Waals surface area contributed by atoms with Crippen LogP contribution in [0.5, 0.6) is 5.75 Å². The van der Waals surface area contributed by atoms with E-state index < -0.39 is 17.7 Å². The third kappa shape index (κ3) is 2.80. The molecule has 1 fully saturated rings. The van der Waals surface area contributed by atoms with Crippen LogP contribution in [0.15, 0.2) is 42.5 Å². The van der Waals surface area contributed by atoms with Crippen molar-refractivity contribution in [1.82, 2.24) is 0 Å². The van der Waals surface area contributed by atoms with E-state index in [4.69, 9.17) is 4.74 Å². The number of halogens is 2. The van der Waals surface area contributed by atoms with E-state index in [9.17, 15) is 13.9 Å². The van der Waals surface area contributed by atoms with E-state index in [1.165, 1.54) is 0 Å². The zero-order chi connectivity index (χ0) is 14.1. The standard InChI is InChI=1S/C16H14F2O2/c17-11-3-8-15(18)14(9-11)16(19)10-1-4-12(5-2-10)20-13-6-7-13/h1-5,8-9,13,16,19H,6-7H2. The van der Waals surface area contributed by atoms with Crippen LogP contribution < -0.4 is 4.74 Å². The van der Waals surface area contributed by atoms with Gasteiger partial charge in [-0.25, -0.2) is 8.78 Å². The molecule has 1 unspecified atom stereocenters. The summed E-state index contributed by atoms with van der Waals surface area (Å²) in [5.74, 6) is -0.477. The van der Waals surface area contributed by atoms with Gasteiger partial charge in [-0.1, -0.05) is 12.1 Å². The molecular weight excluding hydrogens is 262 g/mol. The van der Waals surface area contributed by atoms with Gasteiger partial charge >= 0.3 is 0 Å². The minimum Gasteiger partial charge on any atom is -0.490 e. The van der Waals surface area contributed by atoms with Crippen LogP contribution in [0.4, 0.5) is 8.78 Å². The summed E-state index contributed by atoms with van der Waals surface area (Å²) in [6.45, 7) is 0. The summed E-state index contributed by atoms with van der Waals surface area (Å²) in [4.78, 5) is 0. The van der Waals surface area contributed by atoms with E-state index in [1.807, 2.05) is 0 Å². The lowest BCUT2D eigenvalue weighted by atomic mass is 10.0. The third-order valence-corrected chi connectivity index (χ3v) is 3.28. The van der Waals surface area contributed by atoms with E-state index >= 15 is 0 Å². The maximum atomic E-state index is 13.6. The molecule has 2 nitrogen and oxygen atoms in total. The number of benzene rings is 2. The molecule has 0 aliphatic heterocycles. The van der Waals surface area contributed by atoms with Crippen LogP contribution >= 0.6 is 0 Å². The van der Waals surface area contributed by atoms with Gasteiger partial charge in [-0.15, -0.1) is 0 Å². The molecule has 1 aliphatic rings. The van der Waals surface area contributed by atoms with Crippen LogP contribution in [0.2, 0.25) is 0 Å². The highest BCUT2D eigenvalue weighted by Crippen LogP contribution is 2.29. The molecular formula is C16H14F2O2. The minimum atomic E-state index is -1.19. The molecule has 104 valence electrons. The summed E-state index contributed by atoms with van der Waals surface area (Å²) in [6.07, 6.45) is 1.24. The molecule has 20 heavy (non-hydrogen) atoms. The van der Waals surface area contributed by atoms with Gasteiger partial charge in [0.1, 0.15) is 23.5 Å². The fourth-order valence-electron chi connectivity index (χ4n) is 2.01. The Morgan fingerprint density at radius 2 is 1.75 bits per heavy atom. The second-order valence-corrected chi connectivity index (χ2v) is 4.95. The van der Waals surface area contributed by atoms with Crippen molar-refractivity contribution in [2.24, 2.45) is 0 Å². The number of aliphatic hydroxyl groups is 1. The molecule has 0 bridgehead atoms. The lowest BCUT2D eigenvalue weighted by Gasteiger charge is -2.13. The molecule has 0 amide bonds. The van der Waals surface area contributed by atoms with Crippen molar-refractivity contribution in [2.75, 3.05) is 0 Å². The topological polar surface area (TPSA) is 29.5 Å². The Labute approximate surface area is 115 Å². The van der Waals surface area contributed by atoms with Crippen LogP contribution in [0.3, 0.4) is 0 Å². The van der Waals surface area contributed by atoms with Crippen molar-refractivity contribution in [3.05, 3.63) is 65.2 Å². The van der Waals surface area contributed by atoms with Gasteiger partial charge < -0.3 is 9.84 Å². The van der Waals surface area contributed by atoms with Gasteiger partial charge in [0.15, 0.2) is 0 Å². The number of ether oxygens (including phenoxy) is 1. The number of rotatable bonds is 4. The Bertz CT molecular complexity index is 606. The number of aliphatic hydroxyl groups excluding tert-OH is 1. The van der Waals surface area contributed by atoms with Gasteiger partial charge in [-0.05, 0) is 48.7 Å². The predicted octanol–water partition coefficient (Wildman–Crippen LogP) is 3.59. The highest BCUT2D eigenvalue weighted by molar-refractivity contribution is 5.35.